The van der Waals surface area contributed by atoms with Crippen LogP contribution in [0.15, 0.2) is 40.0 Å². The summed E-state index contributed by atoms with van der Waals surface area (Å²) < 4.78 is 7.03. The Bertz CT molecular complexity index is 975. The van der Waals surface area contributed by atoms with Crippen LogP contribution < -0.4 is 10.2 Å². The van der Waals surface area contributed by atoms with Gasteiger partial charge in [0.2, 0.25) is 11.9 Å². The lowest BCUT2D eigenvalue weighted by Crippen LogP contribution is -2.31. The third-order valence-electron chi connectivity index (χ3n) is 4.78. The Morgan fingerprint density at radius 1 is 1.14 bits per heavy atom. The van der Waals surface area contributed by atoms with Crippen LogP contribution in [-0.4, -0.2) is 44.7 Å². The number of piperidine rings is 1. The van der Waals surface area contributed by atoms with Gasteiger partial charge in [-0.15, -0.1) is 10.2 Å². The van der Waals surface area contributed by atoms with Crippen LogP contribution in [0.1, 0.15) is 30.6 Å². The number of amides is 1. The highest BCUT2D eigenvalue weighted by Crippen LogP contribution is 2.28. The number of hydrogen-bond acceptors (Lipinski definition) is 7. The van der Waals surface area contributed by atoms with Gasteiger partial charge in [0, 0.05) is 19.2 Å². The number of rotatable bonds is 6. The monoisotopic (exact) mass is 412 g/mol. The van der Waals surface area contributed by atoms with Gasteiger partial charge in [-0.05, 0) is 45.2 Å². The largest absolute Gasteiger partial charge is 0.360 e. The number of thioether (sulfide) groups is 1. The average Bonchev–Trinajstić information content (AvgIpc) is 3.34. The molecule has 0 radical (unpaired) electrons. The molecule has 0 aliphatic carbocycles. The molecule has 8 nitrogen and oxygen atoms in total. The zero-order valence-electron chi connectivity index (χ0n) is 16.6. The minimum absolute atomic E-state index is 0.165. The third kappa shape index (κ3) is 4.61. The van der Waals surface area contributed by atoms with Gasteiger partial charge >= 0.3 is 0 Å². The van der Waals surface area contributed by atoms with Crippen molar-refractivity contribution in [2.45, 2.75) is 38.3 Å². The molecule has 0 spiro atoms. The molecule has 1 N–H and O–H groups in total. The predicted molar refractivity (Wildman–Crippen MR) is 113 cm³/mol. The number of nitrogens with zero attached hydrogens (tertiary/aromatic N) is 5. The third-order valence-corrected chi connectivity index (χ3v) is 5.70. The first kappa shape index (κ1) is 19.5. The first-order chi connectivity index (χ1) is 14.1. The summed E-state index contributed by atoms with van der Waals surface area (Å²) in [5, 5.41) is 16.1. The highest BCUT2D eigenvalue weighted by atomic mass is 32.2. The summed E-state index contributed by atoms with van der Waals surface area (Å²) in [5.74, 6) is 1.95. The van der Waals surface area contributed by atoms with E-state index in [1.807, 2.05) is 4.57 Å². The van der Waals surface area contributed by atoms with Crippen molar-refractivity contribution in [1.29, 1.82) is 0 Å². The Morgan fingerprint density at radius 2 is 1.90 bits per heavy atom. The lowest BCUT2D eigenvalue weighted by atomic mass is 10.1. The van der Waals surface area contributed by atoms with Gasteiger partial charge < -0.3 is 14.7 Å². The van der Waals surface area contributed by atoms with Crippen LogP contribution in [0.5, 0.6) is 0 Å². The number of aromatic nitrogens is 4. The fraction of sp³-hybridized carbons (Fsp3) is 0.400. The average molecular weight is 413 g/mol. The van der Waals surface area contributed by atoms with Crippen molar-refractivity contribution in [3.63, 3.8) is 0 Å². The molecule has 0 unspecified atom stereocenters. The second-order valence-electron chi connectivity index (χ2n) is 7.16. The summed E-state index contributed by atoms with van der Waals surface area (Å²) in [6.07, 6.45) is 3.56. The van der Waals surface area contributed by atoms with Crippen molar-refractivity contribution < 1.29 is 9.32 Å². The maximum atomic E-state index is 12.3. The van der Waals surface area contributed by atoms with Gasteiger partial charge in [-0.1, -0.05) is 34.6 Å². The molecule has 1 aromatic carbocycles. The van der Waals surface area contributed by atoms with Crippen LogP contribution in [0.3, 0.4) is 0 Å². The summed E-state index contributed by atoms with van der Waals surface area (Å²) in [5.41, 5.74) is 2.19. The van der Waals surface area contributed by atoms with E-state index < -0.39 is 0 Å². The van der Waals surface area contributed by atoms with Crippen molar-refractivity contribution in [2.75, 3.05) is 29.1 Å². The molecule has 0 atom stereocenters. The van der Waals surface area contributed by atoms with Crippen LogP contribution in [0.4, 0.5) is 11.8 Å². The normalized spacial score (nSPS) is 14.2. The molecule has 3 aromatic rings. The number of aryl methyl sites for hydroxylation is 2. The lowest BCUT2D eigenvalue weighted by molar-refractivity contribution is -0.113. The van der Waals surface area contributed by atoms with Crippen molar-refractivity contribution in [3.05, 3.63) is 41.7 Å². The molecule has 1 aliphatic rings. The van der Waals surface area contributed by atoms with Crippen LogP contribution >= 0.6 is 11.8 Å². The van der Waals surface area contributed by atoms with E-state index in [2.05, 4.69) is 56.8 Å². The maximum absolute atomic E-state index is 12.3. The van der Waals surface area contributed by atoms with Gasteiger partial charge in [0.1, 0.15) is 5.76 Å². The van der Waals surface area contributed by atoms with Gasteiger partial charge in [-0.3, -0.25) is 9.36 Å². The molecule has 1 amide bonds. The van der Waals surface area contributed by atoms with Crippen molar-refractivity contribution in [2.24, 2.45) is 0 Å². The molecule has 1 saturated heterocycles. The molecule has 1 fully saturated rings. The summed E-state index contributed by atoms with van der Waals surface area (Å²) >= 11 is 1.36. The van der Waals surface area contributed by atoms with Gasteiger partial charge in [0.25, 0.3) is 0 Å². The van der Waals surface area contributed by atoms with E-state index in [4.69, 9.17) is 4.52 Å². The molecule has 0 bridgehead atoms. The van der Waals surface area contributed by atoms with Crippen LogP contribution in [-0.2, 0) is 4.79 Å². The van der Waals surface area contributed by atoms with Crippen molar-refractivity contribution in [3.8, 4) is 5.69 Å². The van der Waals surface area contributed by atoms with E-state index in [0.29, 0.717) is 16.7 Å². The number of benzene rings is 1. The zero-order chi connectivity index (χ0) is 20.2. The molecule has 2 aromatic heterocycles. The van der Waals surface area contributed by atoms with Gasteiger partial charge in [-0.2, -0.15) is 0 Å². The molecule has 3 heterocycles. The Hall–Kier alpha value is -2.81. The first-order valence-electron chi connectivity index (χ1n) is 9.73. The quantitative estimate of drug-likeness (QED) is 0.619. The van der Waals surface area contributed by atoms with Gasteiger partial charge in [-0.25, -0.2) is 0 Å². The van der Waals surface area contributed by atoms with Crippen molar-refractivity contribution >= 4 is 29.4 Å². The molecule has 1 aliphatic heterocycles. The maximum Gasteiger partial charge on any atom is 0.236 e. The van der Waals surface area contributed by atoms with E-state index in [9.17, 15) is 4.79 Å². The molecule has 29 heavy (non-hydrogen) atoms. The zero-order valence-corrected chi connectivity index (χ0v) is 17.4. The molecular weight excluding hydrogens is 388 g/mol. The first-order valence-corrected chi connectivity index (χ1v) is 10.7. The highest BCUT2D eigenvalue weighted by molar-refractivity contribution is 7.99. The number of carbonyl (C=O) groups is 1. The second-order valence-corrected chi connectivity index (χ2v) is 8.10. The minimum atomic E-state index is -0.165. The summed E-state index contributed by atoms with van der Waals surface area (Å²) in [7, 11) is 0. The molecule has 4 rings (SSSR count). The molecule has 152 valence electrons. The smallest absolute Gasteiger partial charge is 0.236 e. The molecular formula is C20H24N6O2S. The fourth-order valence-corrected chi connectivity index (χ4v) is 4.06. The van der Waals surface area contributed by atoms with E-state index in [1.54, 1.807) is 13.0 Å². The van der Waals surface area contributed by atoms with Crippen LogP contribution in [0.2, 0.25) is 0 Å². The Balaban J connectivity index is 1.54. The predicted octanol–water partition coefficient (Wildman–Crippen LogP) is 3.59. The highest BCUT2D eigenvalue weighted by Gasteiger charge is 2.22. The van der Waals surface area contributed by atoms with E-state index in [0.717, 1.165) is 37.6 Å². The SMILES string of the molecule is Cc1ccc(-n2c(SCC(=O)Nc3cc(C)on3)nnc2N2CCCCC2)cc1. The van der Waals surface area contributed by atoms with Crippen LogP contribution in [0.25, 0.3) is 5.69 Å². The van der Waals surface area contributed by atoms with E-state index >= 15 is 0 Å². The Morgan fingerprint density at radius 3 is 2.59 bits per heavy atom. The number of anilines is 2. The number of nitrogens with one attached hydrogen (secondary N) is 1. The number of hydrogen-bond donors (Lipinski definition) is 1. The molecule has 9 heteroatoms. The summed E-state index contributed by atoms with van der Waals surface area (Å²) in [6, 6.07) is 9.96. The van der Waals surface area contributed by atoms with E-state index in [1.165, 1.54) is 23.7 Å². The Kier molecular flexibility index (Phi) is 5.84. The standard InChI is InChI=1S/C20H24N6O2S/c1-14-6-8-16(9-7-14)26-19(25-10-4-3-5-11-25)22-23-20(26)29-13-18(27)21-17-12-15(2)28-24-17/h6-9,12H,3-5,10-11,13H2,1-2H3,(H,21,24,27). The Labute approximate surface area is 173 Å². The van der Waals surface area contributed by atoms with Gasteiger partial charge in [0.05, 0.1) is 11.4 Å². The molecule has 0 saturated carbocycles. The topological polar surface area (TPSA) is 89.1 Å². The van der Waals surface area contributed by atoms with Crippen molar-refractivity contribution in [1.82, 2.24) is 19.9 Å². The summed E-state index contributed by atoms with van der Waals surface area (Å²) in [6.45, 7) is 5.79. The fourth-order valence-electron chi connectivity index (χ4n) is 3.31. The second kappa shape index (κ2) is 8.69. The number of carbonyl (C=O) groups excluding carboxylic acids is 1. The van der Waals surface area contributed by atoms with Crippen LogP contribution in [0, 0.1) is 13.8 Å². The summed E-state index contributed by atoms with van der Waals surface area (Å²) in [4.78, 5) is 14.6. The van der Waals surface area contributed by atoms with Gasteiger partial charge in [0.15, 0.2) is 11.0 Å². The van der Waals surface area contributed by atoms with E-state index in [-0.39, 0.29) is 11.7 Å². The lowest BCUT2D eigenvalue weighted by Gasteiger charge is -2.27. The minimum Gasteiger partial charge on any atom is -0.360 e.